The fourth-order valence-corrected chi connectivity index (χ4v) is 6.15. The lowest BCUT2D eigenvalue weighted by Gasteiger charge is -2.57. The van der Waals surface area contributed by atoms with Gasteiger partial charge in [-0.3, -0.25) is 4.79 Å². The highest BCUT2D eigenvalue weighted by atomic mass is 16.5. The van der Waals surface area contributed by atoms with Crippen LogP contribution in [-0.4, -0.2) is 12.4 Å². The second-order valence-electron chi connectivity index (χ2n) is 9.69. The van der Waals surface area contributed by atoms with Gasteiger partial charge in [-0.1, -0.05) is 26.8 Å². The molecule has 0 N–H and O–H groups in total. The van der Waals surface area contributed by atoms with Crippen LogP contribution in [0.3, 0.4) is 0 Å². The zero-order valence-electron chi connectivity index (χ0n) is 17.1. The van der Waals surface area contributed by atoms with Crippen molar-refractivity contribution in [3.8, 4) is 0 Å². The Labute approximate surface area is 163 Å². The highest BCUT2D eigenvalue weighted by Crippen LogP contribution is 2.60. The van der Waals surface area contributed by atoms with Crippen molar-refractivity contribution in [2.24, 2.45) is 22.7 Å². The van der Waals surface area contributed by atoms with Crippen molar-refractivity contribution in [3.63, 3.8) is 0 Å². The molecule has 2 saturated carbocycles. The van der Waals surface area contributed by atoms with E-state index in [0.29, 0.717) is 17.6 Å². The van der Waals surface area contributed by atoms with Gasteiger partial charge in [-0.15, -0.1) is 0 Å². The monoisotopic (exact) mass is 370 g/mol. The molecule has 2 heterocycles. The first kappa shape index (κ1) is 19.0. The van der Waals surface area contributed by atoms with Gasteiger partial charge >= 0.3 is 0 Å². The molecule has 1 aromatic heterocycles. The van der Waals surface area contributed by atoms with Gasteiger partial charge in [-0.2, -0.15) is 0 Å². The van der Waals surface area contributed by atoms with Gasteiger partial charge in [-0.25, -0.2) is 0 Å². The maximum atomic E-state index is 12.8. The largest absolute Gasteiger partial charge is 0.472 e. The number of carbonyl (C=O) groups excluding carboxylic acids is 1. The lowest BCUT2D eigenvalue weighted by molar-refractivity contribution is -0.149. The van der Waals surface area contributed by atoms with Crippen LogP contribution in [-0.2, 0) is 9.53 Å². The molecule has 5 atom stereocenters. The molecule has 3 aliphatic rings. The Bertz CT molecular complexity index is 703. The second-order valence-corrected chi connectivity index (χ2v) is 9.69. The zero-order valence-corrected chi connectivity index (χ0v) is 17.1. The van der Waals surface area contributed by atoms with Crippen LogP contribution in [0.15, 0.2) is 34.7 Å². The number of rotatable bonds is 4. The standard InChI is InChI=1S/C24H34O3/c1-17-9-12-24(3)21(5-4-6-22(24)25)23(17,2)13-10-18-7-8-20(27-15-18)19-11-14-26-16-19/h7,11,14,16-17,20-21H,4-6,8-10,12-13,15H2,1-3H3/t17-,20-,21+,23-,24+/m0/s1. The highest BCUT2D eigenvalue weighted by Gasteiger charge is 2.55. The Hall–Kier alpha value is -1.35. The molecule has 3 nitrogen and oxygen atoms in total. The molecule has 0 aromatic carbocycles. The minimum absolute atomic E-state index is 0.0800. The van der Waals surface area contributed by atoms with Crippen LogP contribution in [0.1, 0.15) is 83.8 Å². The quantitative estimate of drug-likeness (QED) is 0.587. The molecule has 2 fully saturated rings. The third-order valence-corrected chi connectivity index (χ3v) is 8.31. The summed E-state index contributed by atoms with van der Waals surface area (Å²) < 4.78 is 11.3. The highest BCUT2D eigenvalue weighted by molar-refractivity contribution is 5.85. The van der Waals surface area contributed by atoms with Gasteiger partial charge in [0.25, 0.3) is 0 Å². The molecular formula is C24H34O3. The third kappa shape index (κ3) is 3.33. The predicted molar refractivity (Wildman–Crippen MR) is 106 cm³/mol. The molecule has 0 unspecified atom stereocenters. The average Bonchev–Trinajstić information content (AvgIpc) is 3.21. The van der Waals surface area contributed by atoms with Crippen molar-refractivity contribution in [1.82, 2.24) is 0 Å². The fraction of sp³-hybridized carbons (Fsp3) is 0.708. The summed E-state index contributed by atoms with van der Waals surface area (Å²) in [5.74, 6) is 1.75. The van der Waals surface area contributed by atoms with Gasteiger partial charge in [-0.05, 0) is 73.8 Å². The van der Waals surface area contributed by atoms with Gasteiger partial charge in [0, 0.05) is 17.4 Å². The lowest BCUT2D eigenvalue weighted by Crippen LogP contribution is -2.53. The van der Waals surface area contributed by atoms with Gasteiger partial charge in [0.15, 0.2) is 0 Å². The van der Waals surface area contributed by atoms with Crippen LogP contribution in [0.5, 0.6) is 0 Å². The minimum atomic E-state index is -0.0800. The molecule has 4 rings (SSSR count). The topological polar surface area (TPSA) is 39.4 Å². The van der Waals surface area contributed by atoms with E-state index in [9.17, 15) is 4.79 Å². The molecule has 1 aromatic rings. The zero-order chi connectivity index (χ0) is 19.1. The molecule has 0 spiro atoms. The molecule has 0 saturated heterocycles. The van der Waals surface area contributed by atoms with Crippen LogP contribution < -0.4 is 0 Å². The summed E-state index contributed by atoms with van der Waals surface area (Å²) in [5, 5.41) is 0. The maximum absolute atomic E-state index is 12.8. The van der Waals surface area contributed by atoms with E-state index in [1.54, 1.807) is 12.5 Å². The van der Waals surface area contributed by atoms with Gasteiger partial charge in [0.05, 0.1) is 25.2 Å². The van der Waals surface area contributed by atoms with Gasteiger partial charge in [0.2, 0.25) is 0 Å². The van der Waals surface area contributed by atoms with E-state index in [-0.39, 0.29) is 16.9 Å². The van der Waals surface area contributed by atoms with E-state index in [1.165, 1.54) is 24.8 Å². The molecular weight excluding hydrogens is 336 g/mol. The van der Waals surface area contributed by atoms with Crippen LogP contribution in [0.25, 0.3) is 0 Å². The first-order chi connectivity index (χ1) is 12.9. The van der Waals surface area contributed by atoms with Crippen LogP contribution >= 0.6 is 0 Å². The maximum Gasteiger partial charge on any atom is 0.139 e. The van der Waals surface area contributed by atoms with Crippen molar-refractivity contribution < 1.29 is 13.9 Å². The first-order valence-electron chi connectivity index (χ1n) is 10.8. The molecule has 0 bridgehead atoms. The van der Waals surface area contributed by atoms with Crippen molar-refractivity contribution in [3.05, 3.63) is 35.8 Å². The van der Waals surface area contributed by atoms with Gasteiger partial charge in [0.1, 0.15) is 5.78 Å². The number of fused-ring (bicyclic) bond motifs is 1. The number of hydrogen-bond donors (Lipinski definition) is 0. The molecule has 148 valence electrons. The smallest absolute Gasteiger partial charge is 0.139 e. The van der Waals surface area contributed by atoms with E-state index in [2.05, 4.69) is 26.8 Å². The average molecular weight is 371 g/mol. The molecule has 0 amide bonds. The Balaban J connectivity index is 1.44. The predicted octanol–water partition coefficient (Wildman–Crippen LogP) is 6.26. The van der Waals surface area contributed by atoms with Crippen molar-refractivity contribution in [1.29, 1.82) is 0 Å². The van der Waals surface area contributed by atoms with Crippen LogP contribution in [0.4, 0.5) is 0 Å². The summed E-state index contributed by atoms with van der Waals surface area (Å²) in [7, 11) is 0. The number of carbonyl (C=O) groups is 1. The summed E-state index contributed by atoms with van der Waals surface area (Å²) in [5.41, 5.74) is 2.74. The summed E-state index contributed by atoms with van der Waals surface area (Å²) in [4.78, 5) is 12.8. The lowest BCUT2D eigenvalue weighted by atomic mass is 9.47. The van der Waals surface area contributed by atoms with Gasteiger partial charge < -0.3 is 9.15 Å². The third-order valence-electron chi connectivity index (χ3n) is 8.31. The Morgan fingerprint density at radius 3 is 2.81 bits per heavy atom. The number of Topliss-reactive ketones (excluding diaryl/α,β-unsaturated/α-hetero) is 1. The van der Waals surface area contributed by atoms with E-state index < -0.39 is 0 Å². The summed E-state index contributed by atoms with van der Waals surface area (Å²) in [6, 6.07) is 2.00. The van der Waals surface area contributed by atoms with E-state index in [1.807, 2.05) is 6.07 Å². The number of furan rings is 1. The van der Waals surface area contributed by atoms with E-state index >= 15 is 0 Å². The summed E-state index contributed by atoms with van der Waals surface area (Å²) in [6.07, 6.45) is 14.6. The minimum Gasteiger partial charge on any atom is -0.472 e. The SMILES string of the molecule is C[C@H]1CC[C@@]2(C)C(=O)CCC[C@@H]2[C@@]1(C)CCC1=CC[C@@H](c2ccoc2)OC1. The Morgan fingerprint density at radius 1 is 1.26 bits per heavy atom. The van der Waals surface area contributed by atoms with E-state index in [0.717, 1.165) is 44.3 Å². The van der Waals surface area contributed by atoms with E-state index in [4.69, 9.17) is 9.15 Å². The first-order valence-corrected chi connectivity index (χ1v) is 10.8. The van der Waals surface area contributed by atoms with Crippen LogP contribution in [0.2, 0.25) is 0 Å². The molecule has 3 heteroatoms. The normalized spacial score (nSPS) is 39.7. The second kappa shape index (κ2) is 7.24. The van der Waals surface area contributed by atoms with Crippen molar-refractivity contribution in [2.75, 3.05) is 6.61 Å². The fourth-order valence-electron chi connectivity index (χ4n) is 6.15. The molecule has 27 heavy (non-hydrogen) atoms. The number of hydrogen-bond acceptors (Lipinski definition) is 3. The van der Waals surface area contributed by atoms with Crippen molar-refractivity contribution >= 4 is 5.78 Å². The Morgan fingerprint density at radius 2 is 2.11 bits per heavy atom. The number of ether oxygens (including phenoxy) is 1. The Kier molecular flexibility index (Phi) is 5.09. The molecule has 1 aliphatic heterocycles. The summed E-state index contributed by atoms with van der Waals surface area (Å²) in [6.45, 7) is 7.87. The van der Waals surface area contributed by atoms with Crippen LogP contribution in [0, 0.1) is 22.7 Å². The molecule has 0 radical (unpaired) electrons. The summed E-state index contributed by atoms with van der Waals surface area (Å²) >= 11 is 0. The van der Waals surface area contributed by atoms with Crippen molar-refractivity contribution in [2.45, 2.75) is 78.2 Å². The number of ketones is 1. The molecule has 2 aliphatic carbocycles.